The highest BCUT2D eigenvalue weighted by Gasteiger charge is 2.23. The Balaban J connectivity index is 2.49. The summed E-state index contributed by atoms with van der Waals surface area (Å²) < 4.78 is 10.5. The van der Waals surface area contributed by atoms with Crippen molar-refractivity contribution in [3.63, 3.8) is 0 Å². The van der Waals surface area contributed by atoms with Crippen molar-refractivity contribution in [2.45, 2.75) is 78.3 Å². The molecule has 2 amide bonds. The summed E-state index contributed by atoms with van der Waals surface area (Å²) in [6.45, 7) is 11.3. The minimum Gasteiger partial charge on any atom is -0.444 e. The highest BCUT2D eigenvalue weighted by molar-refractivity contribution is 5.71. The monoisotopic (exact) mass is 393 g/mol. The van der Waals surface area contributed by atoms with Crippen LogP contribution >= 0.6 is 0 Å². The van der Waals surface area contributed by atoms with Crippen LogP contribution in [0.15, 0.2) is 30.3 Å². The Labute approximate surface area is 168 Å². The first-order valence-corrected chi connectivity index (χ1v) is 9.71. The van der Waals surface area contributed by atoms with Crippen LogP contribution in [0.3, 0.4) is 0 Å². The molecule has 28 heavy (non-hydrogen) atoms. The van der Waals surface area contributed by atoms with Gasteiger partial charge in [0.15, 0.2) is 6.29 Å². The standard InChI is InChI=1S/C21H35N3O4/c1-20(2,3)27-18(25)23-17(24-19(26)28-21(4,5)6)22-15-11-10-14-16-12-8-7-9-13-16/h7-9,12-13,17,22H,10-11,14-15H2,1-6H3,(H,23,25)(H,24,26). The lowest BCUT2D eigenvalue weighted by Gasteiger charge is -2.26. The molecule has 0 aromatic heterocycles. The number of carbonyl (C=O) groups excluding carboxylic acids is 2. The molecule has 7 nitrogen and oxygen atoms in total. The maximum absolute atomic E-state index is 12.0. The van der Waals surface area contributed by atoms with E-state index in [9.17, 15) is 9.59 Å². The summed E-state index contributed by atoms with van der Waals surface area (Å²) in [5.74, 6) is 0. The van der Waals surface area contributed by atoms with Crippen LogP contribution in [-0.2, 0) is 15.9 Å². The number of benzene rings is 1. The largest absolute Gasteiger partial charge is 0.444 e. The van der Waals surface area contributed by atoms with Crippen molar-refractivity contribution in [1.82, 2.24) is 16.0 Å². The second-order valence-electron chi connectivity index (χ2n) is 8.62. The first kappa shape index (κ1) is 23.8. The van der Waals surface area contributed by atoms with E-state index < -0.39 is 29.7 Å². The van der Waals surface area contributed by atoms with Crippen LogP contribution in [0, 0.1) is 0 Å². The van der Waals surface area contributed by atoms with Gasteiger partial charge in [-0.2, -0.15) is 0 Å². The van der Waals surface area contributed by atoms with E-state index >= 15 is 0 Å². The van der Waals surface area contributed by atoms with E-state index in [2.05, 4.69) is 28.1 Å². The molecule has 0 unspecified atom stereocenters. The number of rotatable bonds is 8. The molecule has 1 aromatic rings. The number of aryl methyl sites for hydroxylation is 1. The minimum absolute atomic E-state index is 0.614. The number of hydrogen-bond donors (Lipinski definition) is 3. The van der Waals surface area contributed by atoms with Crippen molar-refractivity contribution in [2.24, 2.45) is 0 Å². The van der Waals surface area contributed by atoms with Crippen LogP contribution in [0.5, 0.6) is 0 Å². The molecular formula is C21H35N3O4. The quantitative estimate of drug-likeness (QED) is 0.460. The zero-order valence-electron chi connectivity index (χ0n) is 17.9. The number of alkyl carbamates (subject to hydrolysis) is 2. The van der Waals surface area contributed by atoms with Crippen molar-refractivity contribution in [3.05, 3.63) is 35.9 Å². The van der Waals surface area contributed by atoms with Crippen molar-refractivity contribution in [3.8, 4) is 0 Å². The van der Waals surface area contributed by atoms with Crippen molar-refractivity contribution in [2.75, 3.05) is 6.54 Å². The zero-order valence-corrected chi connectivity index (χ0v) is 17.9. The van der Waals surface area contributed by atoms with Crippen molar-refractivity contribution in [1.29, 1.82) is 0 Å². The number of carbonyl (C=O) groups is 2. The lowest BCUT2D eigenvalue weighted by Crippen LogP contribution is -2.58. The van der Waals surface area contributed by atoms with Gasteiger partial charge in [0.25, 0.3) is 0 Å². The molecular weight excluding hydrogens is 358 g/mol. The summed E-state index contributed by atoms with van der Waals surface area (Å²) in [4.78, 5) is 24.1. The zero-order chi connectivity index (χ0) is 21.2. The third-order valence-electron chi connectivity index (χ3n) is 3.41. The van der Waals surface area contributed by atoms with E-state index in [0.717, 1.165) is 19.3 Å². The van der Waals surface area contributed by atoms with Crippen LogP contribution in [0.2, 0.25) is 0 Å². The van der Waals surface area contributed by atoms with Crippen LogP contribution < -0.4 is 16.0 Å². The lowest BCUT2D eigenvalue weighted by molar-refractivity contribution is 0.0406. The molecule has 0 heterocycles. The maximum Gasteiger partial charge on any atom is 0.410 e. The highest BCUT2D eigenvalue weighted by Crippen LogP contribution is 2.08. The first-order valence-electron chi connectivity index (χ1n) is 9.71. The second-order valence-corrected chi connectivity index (χ2v) is 8.62. The molecule has 0 fully saturated rings. The molecule has 0 saturated heterocycles. The Morgan fingerprint density at radius 1 is 0.857 bits per heavy atom. The van der Waals surface area contributed by atoms with Crippen molar-refractivity contribution >= 4 is 12.2 Å². The number of unbranched alkanes of at least 4 members (excludes halogenated alkanes) is 1. The molecule has 1 rings (SSSR count). The predicted molar refractivity (Wildman–Crippen MR) is 110 cm³/mol. The Hall–Kier alpha value is -2.28. The van der Waals surface area contributed by atoms with Gasteiger partial charge in [-0.1, -0.05) is 30.3 Å². The molecule has 3 N–H and O–H groups in total. The van der Waals surface area contributed by atoms with Gasteiger partial charge in [0.1, 0.15) is 11.2 Å². The fraction of sp³-hybridized carbons (Fsp3) is 0.619. The molecule has 0 aliphatic heterocycles. The summed E-state index contributed by atoms with van der Waals surface area (Å²) in [7, 11) is 0. The maximum atomic E-state index is 12.0. The number of hydrogen-bond acceptors (Lipinski definition) is 5. The molecule has 1 aromatic carbocycles. The minimum atomic E-state index is -0.790. The molecule has 158 valence electrons. The summed E-state index contributed by atoms with van der Waals surface area (Å²) in [6.07, 6.45) is 0.823. The fourth-order valence-electron chi connectivity index (χ4n) is 2.33. The van der Waals surface area contributed by atoms with Gasteiger partial charge in [-0.15, -0.1) is 0 Å². The van der Waals surface area contributed by atoms with Gasteiger partial charge < -0.3 is 9.47 Å². The van der Waals surface area contributed by atoms with Gasteiger partial charge in [0.2, 0.25) is 0 Å². The second kappa shape index (κ2) is 10.9. The summed E-state index contributed by atoms with van der Waals surface area (Å²) in [6, 6.07) is 10.3. The highest BCUT2D eigenvalue weighted by atomic mass is 16.6. The van der Waals surface area contributed by atoms with E-state index in [4.69, 9.17) is 9.47 Å². The van der Waals surface area contributed by atoms with E-state index in [1.807, 2.05) is 18.2 Å². The van der Waals surface area contributed by atoms with Crippen LogP contribution in [0.1, 0.15) is 59.9 Å². The van der Waals surface area contributed by atoms with Gasteiger partial charge in [0, 0.05) is 0 Å². The lowest BCUT2D eigenvalue weighted by atomic mass is 10.1. The van der Waals surface area contributed by atoms with Crippen LogP contribution in [0.25, 0.3) is 0 Å². The van der Waals surface area contributed by atoms with Crippen LogP contribution in [0.4, 0.5) is 9.59 Å². The van der Waals surface area contributed by atoms with E-state index in [1.54, 1.807) is 41.5 Å². The molecule has 0 aliphatic carbocycles. The molecule has 0 bridgehead atoms. The van der Waals surface area contributed by atoms with E-state index in [1.165, 1.54) is 5.56 Å². The summed E-state index contributed by atoms with van der Waals surface area (Å²) in [5.41, 5.74) is 0.0322. The van der Waals surface area contributed by atoms with E-state index in [0.29, 0.717) is 6.54 Å². The topological polar surface area (TPSA) is 88.7 Å². The van der Waals surface area contributed by atoms with Gasteiger partial charge in [0.05, 0.1) is 0 Å². The van der Waals surface area contributed by atoms with Gasteiger partial charge in [-0.25, -0.2) is 9.59 Å². The Morgan fingerprint density at radius 2 is 1.36 bits per heavy atom. The average molecular weight is 394 g/mol. The number of ether oxygens (including phenoxy) is 2. The normalized spacial score (nSPS) is 11.8. The summed E-state index contributed by atoms with van der Waals surface area (Å²) in [5, 5.41) is 8.34. The molecule has 7 heteroatoms. The summed E-state index contributed by atoms with van der Waals surface area (Å²) >= 11 is 0. The molecule has 0 spiro atoms. The van der Waals surface area contributed by atoms with Crippen molar-refractivity contribution < 1.29 is 19.1 Å². The Kier molecular flexibility index (Phi) is 9.25. The number of amides is 2. The Bertz CT molecular complexity index is 576. The molecule has 0 aliphatic rings. The third kappa shape index (κ3) is 12.2. The van der Waals surface area contributed by atoms with Gasteiger partial charge in [-0.3, -0.25) is 16.0 Å². The molecule has 0 atom stereocenters. The molecule has 0 saturated carbocycles. The SMILES string of the molecule is CC(C)(C)OC(=O)NC(NCCCCc1ccccc1)NC(=O)OC(C)(C)C. The molecule has 0 radical (unpaired) electrons. The fourth-order valence-corrected chi connectivity index (χ4v) is 2.33. The third-order valence-corrected chi connectivity index (χ3v) is 3.41. The average Bonchev–Trinajstić information content (AvgIpc) is 2.51. The first-order chi connectivity index (χ1) is 12.9. The van der Waals surface area contributed by atoms with Crippen LogP contribution in [-0.4, -0.2) is 36.2 Å². The van der Waals surface area contributed by atoms with E-state index in [-0.39, 0.29) is 0 Å². The smallest absolute Gasteiger partial charge is 0.410 e. The number of nitrogens with one attached hydrogen (secondary N) is 3. The van der Waals surface area contributed by atoms with Gasteiger partial charge in [-0.05, 0) is 72.9 Å². The Morgan fingerprint density at radius 3 is 1.82 bits per heavy atom. The van der Waals surface area contributed by atoms with Gasteiger partial charge >= 0.3 is 12.2 Å². The predicted octanol–water partition coefficient (Wildman–Crippen LogP) is 3.93.